The molecule has 0 bridgehead atoms. The fourth-order valence-corrected chi connectivity index (χ4v) is 1.95. The number of rotatable bonds is 7. The average Bonchev–Trinajstić information content (AvgIpc) is 2.46. The van der Waals surface area contributed by atoms with Crippen molar-refractivity contribution in [3.8, 4) is 0 Å². The second kappa shape index (κ2) is 7.59. The van der Waals surface area contributed by atoms with Gasteiger partial charge in [0.25, 0.3) is 5.69 Å². The zero-order valence-corrected chi connectivity index (χ0v) is 12.1. The van der Waals surface area contributed by atoms with E-state index in [4.69, 9.17) is 0 Å². The maximum absolute atomic E-state index is 11.9. The Hall–Kier alpha value is -1.95. The quantitative estimate of drug-likeness (QED) is 0.612. The largest absolute Gasteiger partial charge is 0.342 e. The highest BCUT2D eigenvalue weighted by Gasteiger charge is 2.14. The van der Waals surface area contributed by atoms with Crippen LogP contribution >= 0.6 is 0 Å². The van der Waals surface area contributed by atoms with Crippen LogP contribution in [0.5, 0.6) is 0 Å². The van der Waals surface area contributed by atoms with Gasteiger partial charge in [-0.1, -0.05) is 12.1 Å². The van der Waals surface area contributed by atoms with Crippen molar-refractivity contribution >= 4 is 11.6 Å². The number of amides is 1. The molecule has 0 heterocycles. The lowest BCUT2D eigenvalue weighted by molar-refractivity contribution is -0.384. The Kier molecular flexibility index (Phi) is 6.11. The van der Waals surface area contributed by atoms with Crippen LogP contribution in [-0.2, 0) is 4.79 Å². The molecule has 20 heavy (non-hydrogen) atoms. The molecule has 1 atom stereocenters. The van der Waals surface area contributed by atoms with E-state index in [1.165, 1.54) is 12.1 Å². The van der Waals surface area contributed by atoms with Gasteiger partial charge in [0.15, 0.2) is 0 Å². The van der Waals surface area contributed by atoms with Gasteiger partial charge >= 0.3 is 0 Å². The predicted octanol–water partition coefficient (Wildman–Crippen LogP) is 2.11. The third-order valence-electron chi connectivity index (χ3n) is 3.26. The molecule has 1 unspecified atom stereocenters. The maximum Gasteiger partial charge on any atom is 0.269 e. The van der Waals surface area contributed by atoms with Crippen molar-refractivity contribution in [2.45, 2.75) is 26.8 Å². The normalized spacial score (nSPS) is 11.9. The molecule has 0 saturated carbocycles. The van der Waals surface area contributed by atoms with Gasteiger partial charge in [-0.05, 0) is 26.3 Å². The molecule has 0 fully saturated rings. The summed E-state index contributed by atoms with van der Waals surface area (Å²) in [5, 5.41) is 13.8. The van der Waals surface area contributed by atoms with E-state index >= 15 is 0 Å². The number of carbonyl (C=O) groups excluding carboxylic acids is 1. The van der Waals surface area contributed by atoms with Crippen molar-refractivity contribution < 1.29 is 9.72 Å². The first-order valence-corrected chi connectivity index (χ1v) is 6.75. The number of hydrogen-bond donors (Lipinski definition) is 1. The van der Waals surface area contributed by atoms with Crippen molar-refractivity contribution in [3.63, 3.8) is 0 Å². The molecule has 6 heteroatoms. The van der Waals surface area contributed by atoms with Gasteiger partial charge in [-0.15, -0.1) is 0 Å². The molecule has 1 aromatic carbocycles. The van der Waals surface area contributed by atoms with Crippen LogP contribution in [0.25, 0.3) is 0 Å². The average molecular weight is 279 g/mol. The number of benzene rings is 1. The summed E-state index contributed by atoms with van der Waals surface area (Å²) in [5.74, 6) is 0.0345. The molecule has 1 aromatic rings. The number of carbonyl (C=O) groups is 1. The van der Waals surface area contributed by atoms with Crippen LogP contribution in [0.3, 0.4) is 0 Å². The number of nitrogens with one attached hydrogen (secondary N) is 1. The van der Waals surface area contributed by atoms with E-state index in [1.54, 1.807) is 11.0 Å². The minimum atomic E-state index is -0.419. The Balaban J connectivity index is 2.63. The minimum absolute atomic E-state index is 0.0345. The molecule has 0 aliphatic heterocycles. The summed E-state index contributed by atoms with van der Waals surface area (Å²) in [4.78, 5) is 23.9. The van der Waals surface area contributed by atoms with E-state index in [0.29, 0.717) is 13.1 Å². The lowest BCUT2D eigenvalue weighted by Crippen LogP contribution is -2.38. The molecule has 1 N–H and O–H groups in total. The SMILES string of the molecule is CCN(CC)C(=O)CNC(C)c1cccc([N+](=O)[O-])c1. The van der Waals surface area contributed by atoms with Gasteiger partial charge in [0.05, 0.1) is 11.5 Å². The molecule has 0 saturated heterocycles. The molecule has 6 nitrogen and oxygen atoms in total. The van der Waals surface area contributed by atoms with Gasteiger partial charge in [0.1, 0.15) is 0 Å². The zero-order chi connectivity index (χ0) is 15.1. The fourth-order valence-electron chi connectivity index (χ4n) is 1.95. The van der Waals surface area contributed by atoms with E-state index in [0.717, 1.165) is 5.56 Å². The topological polar surface area (TPSA) is 75.5 Å². The van der Waals surface area contributed by atoms with Gasteiger partial charge in [0, 0.05) is 31.3 Å². The van der Waals surface area contributed by atoms with E-state index in [1.807, 2.05) is 26.8 Å². The summed E-state index contributed by atoms with van der Waals surface area (Å²) in [6.07, 6.45) is 0. The number of non-ortho nitro benzene ring substituents is 1. The predicted molar refractivity (Wildman–Crippen MR) is 77.4 cm³/mol. The van der Waals surface area contributed by atoms with Crippen LogP contribution in [0.1, 0.15) is 32.4 Å². The Morgan fingerprint density at radius 3 is 2.60 bits per heavy atom. The summed E-state index contributed by atoms with van der Waals surface area (Å²) >= 11 is 0. The zero-order valence-electron chi connectivity index (χ0n) is 12.1. The third-order valence-corrected chi connectivity index (χ3v) is 3.26. The first kappa shape index (κ1) is 16.1. The van der Waals surface area contributed by atoms with Crippen LogP contribution < -0.4 is 5.32 Å². The molecular formula is C14H21N3O3. The van der Waals surface area contributed by atoms with Gasteiger partial charge in [-0.3, -0.25) is 14.9 Å². The van der Waals surface area contributed by atoms with E-state index in [2.05, 4.69) is 5.32 Å². The number of nitro groups is 1. The van der Waals surface area contributed by atoms with Gasteiger partial charge < -0.3 is 10.2 Å². The summed E-state index contributed by atoms with van der Waals surface area (Å²) in [6, 6.07) is 6.33. The van der Waals surface area contributed by atoms with Gasteiger partial charge in [0.2, 0.25) is 5.91 Å². The molecule has 0 aromatic heterocycles. The maximum atomic E-state index is 11.9. The Morgan fingerprint density at radius 1 is 1.40 bits per heavy atom. The molecule has 1 amide bonds. The van der Waals surface area contributed by atoms with E-state index in [9.17, 15) is 14.9 Å². The first-order chi connectivity index (χ1) is 9.49. The first-order valence-electron chi connectivity index (χ1n) is 6.75. The minimum Gasteiger partial charge on any atom is -0.342 e. The molecule has 0 aliphatic carbocycles. The van der Waals surface area contributed by atoms with Crippen LogP contribution in [-0.4, -0.2) is 35.4 Å². The van der Waals surface area contributed by atoms with Crippen LogP contribution in [0.2, 0.25) is 0 Å². The molecule has 0 aliphatic rings. The molecule has 0 spiro atoms. The third kappa shape index (κ3) is 4.31. The van der Waals surface area contributed by atoms with Crippen molar-refractivity contribution in [2.75, 3.05) is 19.6 Å². The Labute approximate surface area is 118 Å². The highest BCUT2D eigenvalue weighted by Crippen LogP contribution is 2.18. The standard InChI is InChI=1S/C14H21N3O3/c1-4-16(5-2)14(18)10-15-11(3)12-7-6-8-13(9-12)17(19)20/h6-9,11,15H,4-5,10H2,1-3H3. The molecular weight excluding hydrogens is 258 g/mol. The smallest absolute Gasteiger partial charge is 0.269 e. The number of nitro benzene ring substituents is 1. The number of nitrogens with zero attached hydrogens (tertiary/aromatic N) is 2. The monoisotopic (exact) mass is 279 g/mol. The Bertz CT molecular complexity index is 472. The van der Waals surface area contributed by atoms with Crippen molar-refractivity contribution in [1.29, 1.82) is 0 Å². The summed E-state index contributed by atoms with van der Waals surface area (Å²) < 4.78 is 0. The molecule has 0 radical (unpaired) electrons. The van der Waals surface area contributed by atoms with E-state index in [-0.39, 0.29) is 24.2 Å². The van der Waals surface area contributed by atoms with Crippen molar-refractivity contribution in [3.05, 3.63) is 39.9 Å². The Morgan fingerprint density at radius 2 is 2.05 bits per heavy atom. The number of hydrogen-bond acceptors (Lipinski definition) is 4. The van der Waals surface area contributed by atoms with E-state index < -0.39 is 4.92 Å². The van der Waals surface area contributed by atoms with Gasteiger partial charge in [-0.2, -0.15) is 0 Å². The van der Waals surface area contributed by atoms with Crippen LogP contribution in [0, 0.1) is 10.1 Å². The highest BCUT2D eigenvalue weighted by molar-refractivity contribution is 5.78. The van der Waals surface area contributed by atoms with Crippen LogP contribution in [0.15, 0.2) is 24.3 Å². The molecule has 1 rings (SSSR count). The highest BCUT2D eigenvalue weighted by atomic mass is 16.6. The molecule has 110 valence electrons. The second-order valence-corrected chi connectivity index (χ2v) is 4.52. The fraction of sp³-hybridized carbons (Fsp3) is 0.500. The summed E-state index contributed by atoms with van der Waals surface area (Å²) in [7, 11) is 0. The second-order valence-electron chi connectivity index (χ2n) is 4.52. The lowest BCUT2D eigenvalue weighted by Gasteiger charge is -2.20. The summed E-state index contributed by atoms with van der Waals surface area (Å²) in [5.41, 5.74) is 0.859. The van der Waals surface area contributed by atoms with Gasteiger partial charge in [-0.25, -0.2) is 0 Å². The number of likely N-dealkylation sites (N-methyl/N-ethyl adjacent to an activating group) is 1. The van der Waals surface area contributed by atoms with Crippen molar-refractivity contribution in [2.24, 2.45) is 0 Å². The summed E-state index contributed by atoms with van der Waals surface area (Å²) in [6.45, 7) is 7.35. The lowest BCUT2D eigenvalue weighted by atomic mass is 10.1. The van der Waals surface area contributed by atoms with Crippen molar-refractivity contribution in [1.82, 2.24) is 10.2 Å². The van der Waals surface area contributed by atoms with Crippen LogP contribution in [0.4, 0.5) is 5.69 Å².